The van der Waals surface area contributed by atoms with Gasteiger partial charge in [-0.2, -0.15) is 13.2 Å². The molecule has 1 heterocycles. The number of carbonyl (C=O) groups is 1. The van der Waals surface area contributed by atoms with Crippen LogP contribution in [-0.2, 0) is 11.0 Å². The third-order valence-corrected chi connectivity index (χ3v) is 1.16. The van der Waals surface area contributed by atoms with Crippen LogP contribution >= 0.6 is 0 Å². The number of rotatable bonds is 1. The quantitative estimate of drug-likeness (QED) is 0.575. The molecule has 0 amide bonds. The first-order valence-electron chi connectivity index (χ1n) is 2.74. The predicted molar refractivity (Wildman–Crippen MR) is 31.6 cm³/mol. The van der Waals surface area contributed by atoms with E-state index < -0.39 is 11.7 Å². The summed E-state index contributed by atoms with van der Waals surface area (Å²) >= 11 is 0. The molecule has 0 atom stereocenters. The first kappa shape index (κ1) is 7.84. The average molecular weight is 163 g/mol. The van der Waals surface area contributed by atoms with Crippen LogP contribution in [0.3, 0.4) is 0 Å². The van der Waals surface area contributed by atoms with E-state index in [9.17, 15) is 18.0 Å². The van der Waals surface area contributed by atoms with Crippen molar-refractivity contribution in [2.45, 2.75) is 6.18 Å². The Labute approximate surface area is 60.2 Å². The molecule has 0 spiro atoms. The second-order valence-corrected chi connectivity index (χ2v) is 1.95. The topological polar surface area (TPSA) is 22.0 Å². The van der Waals surface area contributed by atoms with Crippen LogP contribution in [-0.4, -0.2) is 11.0 Å². The minimum atomic E-state index is -4.37. The summed E-state index contributed by atoms with van der Waals surface area (Å²) in [5.74, 6) is 0. The molecule has 0 aliphatic carbocycles. The van der Waals surface area contributed by atoms with Gasteiger partial charge in [0.05, 0.1) is 5.56 Å². The summed E-state index contributed by atoms with van der Waals surface area (Å²) in [5, 5.41) is 0. The molecule has 0 fully saturated rings. The number of alkyl halides is 3. The molecular weight excluding hydrogens is 159 g/mol. The number of aromatic nitrogens is 1. The van der Waals surface area contributed by atoms with E-state index in [0.29, 0.717) is 6.41 Å². The summed E-state index contributed by atoms with van der Waals surface area (Å²) in [6.07, 6.45) is -2.29. The van der Waals surface area contributed by atoms with Crippen LogP contribution in [0.4, 0.5) is 13.2 Å². The maximum Gasteiger partial charge on any atom is 0.417 e. The summed E-state index contributed by atoms with van der Waals surface area (Å²) in [5.41, 5.74) is -0.815. The van der Waals surface area contributed by atoms with Gasteiger partial charge in [-0.05, 0) is 6.07 Å². The molecule has 0 bridgehead atoms. The highest BCUT2D eigenvalue weighted by molar-refractivity contribution is 5.52. The van der Waals surface area contributed by atoms with E-state index in [1.165, 1.54) is 0 Å². The van der Waals surface area contributed by atoms with Crippen LogP contribution in [0.5, 0.6) is 0 Å². The Balaban J connectivity index is 2.98. The van der Waals surface area contributed by atoms with Crippen LogP contribution in [0.1, 0.15) is 5.56 Å². The van der Waals surface area contributed by atoms with E-state index in [0.717, 1.165) is 23.0 Å². The zero-order chi connectivity index (χ0) is 8.48. The lowest BCUT2D eigenvalue weighted by molar-refractivity contribution is -0.137. The SMILES string of the molecule is O=Cn1ccc(C(F)(F)F)c1. The number of carbonyl (C=O) groups excluding carboxylic acids is 1. The fraction of sp³-hybridized carbons (Fsp3) is 0.167. The van der Waals surface area contributed by atoms with Gasteiger partial charge in [0.25, 0.3) is 0 Å². The number of halogens is 3. The molecular formula is C6H4F3NO. The molecule has 1 aromatic rings. The molecule has 0 aromatic carbocycles. The molecule has 0 unspecified atom stereocenters. The van der Waals surface area contributed by atoms with Crippen LogP contribution in [0.15, 0.2) is 18.5 Å². The lowest BCUT2D eigenvalue weighted by atomic mass is 10.3. The molecule has 1 rings (SSSR count). The van der Waals surface area contributed by atoms with E-state index >= 15 is 0 Å². The van der Waals surface area contributed by atoms with Crippen molar-refractivity contribution in [3.8, 4) is 0 Å². The van der Waals surface area contributed by atoms with Gasteiger partial charge in [0.1, 0.15) is 0 Å². The molecule has 0 saturated carbocycles. The highest BCUT2D eigenvalue weighted by atomic mass is 19.4. The number of nitrogens with zero attached hydrogens (tertiary/aromatic N) is 1. The van der Waals surface area contributed by atoms with Crippen LogP contribution in [0.2, 0.25) is 0 Å². The van der Waals surface area contributed by atoms with Crippen molar-refractivity contribution in [1.82, 2.24) is 4.57 Å². The second-order valence-electron chi connectivity index (χ2n) is 1.95. The Morgan fingerprint density at radius 2 is 2.09 bits per heavy atom. The van der Waals surface area contributed by atoms with Gasteiger partial charge in [0.2, 0.25) is 6.41 Å². The maximum atomic E-state index is 11.8. The van der Waals surface area contributed by atoms with E-state index in [1.54, 1.807) is 0 Å². The normalized spacial score (nSPS) is 11.5. The third-order valence-electron chi connectivity index (χ3n) is 1.16. The zero-order valence-electron chi connectivity index (χ0n) is 5.30. The minimum absolute atomic E-state index is 0.301. The smallest absolute Gasteiger partial charge is 0.297 e. The molecule has 0 N–H and O–H groups in total. The van der Waals surface area contributed by atoms with Gasteiger partial charge in [0, 0.05) is 12.4 Å². The standard InChI is InChI=1S/C6H4F3NO/c7-6(8,9)5-1-2-10(3-5)4-11/h1-4H. The molecule has 1 aromatic heterocycles. The fourth-order valence-electron chi connectivity index (χ4n) is 0.646. The van der Waals surface area contributed by atoms with Crippen LogP contribution < -0.4 is 0 Å². The van der Waals surface area contributed by atoms with E-state index in [2.05, 4.69) is 0 Å². The molecule has 60 valence electrons. The summed E-state index contributed by atoms with van der Waals surface area (Å²) < 4.78 is 36.2. The summed E-state index contributed by atoms with van der Waals surface area (Å²) in [4.78, 5) is 9.94. The Kier molecular flexibility index (Phi) is 1.72. The fourth-order valence-corrected chi connectivity index (χ4v) is 0.646. The van der Waals surface area contributed by atoms with Crippen molar-refractivity contribution < 1.29 is 18.0 Å². The van der Waals surface area contributed by atoms with Crippen molar-refractivity contribution in [2.75, 3.05) is 0 Å². The lowest BCUT2D eigenvalue weighted by Gasteiger charge is -2.00. The first-order valence-corrected chi connectivity index (χ1v) is 2.74. The predicted octanol–water partition coefficient (Wildman–Crippen LogP) is 1.55. The molecule has 2 nitrogen and oxygen atoms in total. The van der Waals surface area contributed by atoms with Crippen molar-refractivity contribution in [3.05, 3.63) is 24.0 Å². The summed E-state index contributed by atoms with van der Waals surface area (Å²) in [6, 6.07) is 0.842. The van der Waals surface area contributed by atoms with Gasteiger partial charge in [-0.1, -0.05) is 0 Å². The van der Waals surface area contributed by atoms with Gasteiger partial charge in [0.15, 0.2) is 0 Å². The lowest BCUT2D eigenvalue weighted by Crippen LogP contribution is -2.03. The Morgan fingerprint density at radius 1 is 1.45 bits per heavy atom. The molecule has 5 heteroatoms. The summed E-state index contributed by atoms with van der Waals surface area (Å²) in [6.45, 7) is 0. The van der Waals surface area contributed by atoms with Gasteiger partial charge in [-0.15, -0.1) is 0 Å². The van der Waals surface area contributed by atoms with Crippen LogP contribution in [0, 0.1) is 0 Å². The average Bonchev–Trinajstić information content (AvgIpc) is 2.32. The molecule has 0 radical (unpaired) electrons. The van der Waals surface area contributed by atoms with Crippen molar-refractivity contribution in [1.29, 1.82) is 0 Å². The Morgan fingerprint density at radius 3 is 2.36 bits per heavy atom. The van der Waals surface area contributed by atoms with E-state index in [4.69, 9.17) is 0 Å². The monoisotopic (exact) mass is 163 g/mol. The highest BCUT2D eigenvalue weighted by Gasteiger charge is 2.31. The first-order chi connectivity index (χ1) is 5.04. The van der Waals surface area contributed by atoms with Gasteiger partial charge in [-0.25, -0.2) is 0 Å². The maximum absolute atomic E-state index is 11.8. The number of hydrogen-bond donors (Lipinski definition) is 0. The zero-order valence-corrected chi connectivity index (χ0v) is 5.30. The van der Waals surface area contributed by atoms with Gasteiger partial charge in [-0.3, -0.25) is 9.36 Å². The van der Waals surface area contributed by atoms with Crippen LogP contribution in [0.25, 0.3) is 0 Å². The number of hydrogen-bond acceptors (Lipinski definition) is 1. The van der Waals surface area contributed by atoms with Crippen molar-refractivity contribution in [2.24, 2.45) is 0 Å². The van der Waals surface area contributed by atoms with Gasteiger partial charge >= 0.3 is 6.18 Å². The second kappa shape index (κ2) is 2.41. The molecule has 0 aliphatic heterocycles. The van der Waals surface area contributed by atoms with Crippen molar-refractivity contribution in [3.63, 3.8) is 0 Å². The van der Waals surface area contributed by atoms with Crippen molar-refractivity contribution >= 4 is 6.41 Å². The Hall–Kier alpha value is -1.26. The third kappa shape index (κ3) is 1.60. The molecule has 0 saturated heterocycles. The minimum Gasteiger partial charge on any atom is -0.297 e. The van der Waals surface area contributed by atoms with E-state index in [-0.39, 0.29) is 0 Å². The summed E-state index contributed by atoms with van der Waals surface area (Å²) in [7, 11) is 0. The Bertz CT molecular complexity index is 263. The molecule has 0 aliphatic rings. The largest absolute Gasteiger partial charge is 0.417 e. The molecule has 11 heavy (non-hydrogen) atoms. The highest BCUT2D eigenvalue weighted by Crippen LogP contribution is 2.28. The van der Waals surface area contributed by atoms with E-state index in [1.807, 2.05) is 0 Å². The van der Waals surface area contributed by atoms with Gasteiger partial charge < -0.3 is 0 Å².